The average Bonchev–Trinajstić information content (AvgIpc) is 2.46. The molecule has 0 radical (unpaired) electrons. The van der Waals surface area contributed by atoms with Crippen LogP contribution in [0, 0.1) is 0 Å². The van der Waals surface area contributed by atoms with Crippen molar-refractivity contribution in [3.05, 3.63) is 23.8 Å². The molecule has 21 heavy (non-hydrogen) atoms. The van der Waals surface area contributed by atoms with Crippen LogP contribution in [0.2, 0.25) is 0 Å². The Kier molecular flexibility index (Phi) is 4.99. The Hall–Kier alpha value is -2.28. The minimum atomic E-state index is -0.363. The van der Waals surface area contributed by atoms with Crippen LogP contribution in [0.3, 0.4) is 0 Å². The van der Waals surface area contributed by atoms with Crippen molar-refractivity contribution in [2.75, 3.05) is 14.2 Å². The summed E-state index contributed by atoms with van der Waals surface area (Å²) in [5.41, 5.74) is 3.71. The molecule has 1 aromatic rings. The number of hydrogen-bond acceptors (Lipinski definition) is 6. The van der Waals surface area contributed by atoms with Crippen molar-refractivity contribution in [3.63, 3.8) is 0 Å². The van der Waals surface area contributed by atoms with E-state index in [9.17, 15) is 4.79 Å². The number of ether oxygens (including phenoxy) is 2. The minimum absolute atomic E-state index is 0.0000618. The van der Waals surface area contributed by atoms with E-state index in [2.05, 4.69) is 21.2 Å². The van der Waals surface area contributed by atoms with E-state index in [0.717, 1.165) is 5.56 Å². The van der Waals surface area contributed by atoms with Crippen LogP contribution in [0.25, 0.3) is 0 Å². The zero-order valence-electron chi connectivity index (χ0n) is 12.3. The highest BCUT2D eigenvalue weighted by Crippen LogP contribution is 2.26. The molecule has 0 aliphatic carbocycles. The molecule has 7 nitrogen and oxygen atoms in total. The highest BCUT2D eigenvalue weighted by Gasteiger charge is 2.21. The first-order valence-electron chi connectivity index (χ1n) is 6.68. The van der Waals surface area contributed by atoms with Crippen LogP contribution in [0.15, 0.2) is 23.3 Å². The number of nitrogens with zero attached hydrogens (tertiary/aromatic N) is 1. The van der Waals surface area contributed by atoms with E-state index in [1.807, 2.05) is 25.1 Å². The highest BCUT2D eigenvalue weighted by molar-refractivity contribution is 5.81. The van der Waals surface area contributed by atoms with Crippen molar-refractivity contribution in [1.82, 2.24) is 16.1 Å². The van der Waals surface area contributed by atoms with E-state index in [4.69, 9.17) is 9.47 Å². The smallest absolute Gasteiger partial charge is 0.224 e. The number of benzene rings is 1. The molecule has 1 heterocycles. The molecule has 0 bridgehead atoms. The number of hydrazone groups is 1. The third kappa shape index (κ3) is 4.09. The van der Waals surface area contributed by atoms with E-state index in [0.29, 0.717) is 17.9 Å². The van der Waals surface area contributed by atoms with E-state index >= 15 is 0 Å². The van der Waals surface area contributed by atoms with Gasteiger partial charge >= 0.3 is 0 Å². The van der Waals surface area contributed by atoms with Crippen molar-refractivity contribution in [3.8, 4) is 11.5 Å². The normalized spacial score (nSPS) is 22.0. The average molecular weight is 292 g/mol. The SMILES string of the molecule is COc1ccc(/C=N/NC2NC(=O)CC(C)N2)cc1OC. The van der Waals surface area contributed by atoms with Gasteiger partial charge in [-0.25, -0.2) is 0 Å². The lowest BCUT2D eigenvalue weighted by Crippen LogP contribution is -2.60. The molecule has 0 saturated carbocycles. The van der Waals surface area contributed by atoms with Crippen LogP contribution in [0.1, 0.15) is 18.9 Å². The van der Waals surface area contributed by atoms with E-state index in [-0.39, 0.29) is 18.2 Å². The maximum Gasteiger partial charge on any atom is 0.224 e. The second-order valence-corrected chi connectivity index (χ2v) is 4.77. The largest absolute Gasteiger partial charge is 0.493 e. The first kappa shape index (κ1) is 15.1. The number of methoxy groups -OCH3 is 2. The predicted octanol–water partition coefficient (Wildman–Crippen LogP) is 0.409. The number of rotatable bonds is 5. The molecule has 2 atom stereocenters. The van der Waals surface area contributed by atoms with Crippen LogP contribution in [-0.4, -0.2) is 38.7 Å². The van der Waals surface area contributed by atoms with E-state index < -0.39 is 0 Å². The summed E-state index contributed by atoms with van der Waals surface area (Å²) in [6.45, 7) is 1.95. The van der Waals surface area contributed by atoms with Crippen molar-refractivity contribution in [2.45, 2.75) is 25.7 Å². The number of hydrogen-bond donors (Lipinski definition) is 3. The topological polar surface area (TPSA) is 84.0 Å². The summed E-state index contributed by atoms with van der Waals surface area (Å²) in [5, 5.41) is 10.0. The molecule has 1 amide bonds. The van der Waals surface area contributed by atoms with Crippen LogP contribution < -0.4 is 25.5 Å². The van der Waals surface area contributed by atoms with Crippen LogP contribution in [0.5, 0.6) is 11.5 Å². The van der Waals surface area contributed by atoms with Crippen molar-refractivity contribution >= 4 is 12.1 Å². The Balaban J connectivity index is 1.96. The van der Waals surface area contributed by atoms with Crippen molar-refractivity contribution < 1.29 is 14.3 Å². The fraction of sp³-hybridized carbons (Fsp3) is 0.429. The van der Waals surface area contributed by atoms with Gasteiger partial charge in [-0.05, 0) is 30.7 Å². The predicted molar refractivity (Wildman–Crippen MR) is 79.4 cm³/mol. The first-order valence-corrected chi connectivity index (χ1v) is 6.68. The van der Waals surface area contributed by atoms with Gasteiger partial charge in [-0.15, -0.1) is 0 Å². The molecule has 0 spiro atoms. The van der Waals surface area contributed by atoms with Gasteiger partial charge < -0.3 is 14.8 Å². The van der Waals surface area contributed by atoms with Gasteiger partial charge in [0, 0.05) is 12.5 Å². The van der Waals surface area contributed by atoms with Crippen molar-refractivity contribution in [2.24, 2.45) is 5.10 Å². The number of carbonyl (C=O) groups is 1. The molecule has 1 aromatic carbocycles. The van der Waals surface area contributed by atoms with Gasteiger partial charge in [0.05, 0.1) is 20.4 Å². The van der Waals surface area contributed by atoms with Crippen LogP contribution in [0.4, 0.5) is 0 Å². The van der Waals surface area contributed by atoms with E-state index in [1.165, 1.54) is 0 Å². The Labute approximate surface area is 123 Å². The third-order valence-corrected chi connectivity index (χ3v) is 3.07. The zero-order chi connectivity index (χ0) is 15.2. The van der Waals surface area contributed by atoms with Crippen molar-refractivity contribution in [1.29, 1.82) is 0 Å². The Morgan fingerprint density at radius 2 is 2.10 bits per heavy atom. The molecule has 1 aliphatic heterocycles. The summed E-state index contributed by atoms with van der Waals surface area (Å²) in [6, 6.07) is 5.61. The fourth-order valence-corrected chi connectivity index (χ4v) is 2.07. The maximum atomic E-state index is 11.4. The molecule has 114 valence electrons. The first-order chi connectivity index (χ1) is 10.1. The summed E-state index contributed by atoms with van der Waals surface area (Å²) in [5.74, 6) is 1.30. The van der Waals surface area contributed by atoms with Crippen LogP contribution in [-0.2, 0) is 4.79 Å². The quantitative estimate of drug-likeness (QED) is 0.541. The summed E-state index contributed by atoms with van der Waals surface area (Å²) in [4.78, 5) is 11.4. The number of carbonyl (C=O) groups excluding carboxylic acids is 1. The summed E-state index contributed by atoms with van der Waals surface area (Å²) < 4.78 is 10.4. The second-order valence-electron chi connectivity index (χ2n) is 4.77. The molecule has 2 unspecified atom stereocenters. The summed E-state index contributed by atoms with van der Waals surface area (Å²) >= 11 is 0. The summed E-state index contributed by atoms with van der Waals surface area (Å²) in [7, 11) is 3.17. The minimum Gasteiger partial charge on any atom is -0.493 e. The second kappa shape index (κ2) is 6.94. The zero-order valence-corrected chi connectivity index (χ0v) is 12.3. The number of amides is 1. The molecule has 7 heteroatoms. The maximum absolute atomic E-state index is 11.4. The van der Waals surface area contributed by atoms with Gasteiger partial charge in [0.1, 0.15) is 0 Å². The van der Waals surface area contributed by atoms with Gasteiger partial charge in [0.25, 0.3) is 0 Å². The standard InChI is InChI=1S/C14H20N4O3/c1-9-6-13(19)17-14(16-9)18-15-8-10-4-5-11(20-2)12(7-10)21-3/h4-5,7-9,14,16,18H,6H2,1-3H3,(H,17,19)/b15-8+. The van der Waals surface area contributed by atoms with Crippen LogP contribution >= 0.6 is 0 Å². The number of nitrogens with one attached hydrogen (secondary N) is 3. The molecular weight excluding hydrogens is 272 g/mol. The van der Waals surface area contributed by atoms with Gasteiger partial charge in [-0.2, -0.15) is 5.10 Å². The summed E-state index contributed by atoms with van der Waals surface area (Å²) in [6.07, 6.45) is 1.75. The van der Waals surface area contributed by atoms with Gasteiger partial charge in [-0.1, -0.05) is 0 Å². The monoisotopic (exact) mass is 292 g/mol. The van der Waals surface area contributed by atoms with E-state index in [1.54, 1.807) is 20.4 Å². The molecule has 3 N–H and O–H groups in total. The van der Waals surface area contributed by atoms with Gasteiger partial charge in [0.2, 0.25) is 5.91 Å². The van der Waals surface area contributed by atoms with Gasteiger partial charge in [0.15, 0.2) is 17.8 Å². The lowest BCUT2D eigenvalue weighted by atomic mass is 10.2. The molecule has 1 fully saturated rings. The Bertz CT molecular complexity index is 533. The third-order valence-electron chi connectivity index (χ3n) is 3.07. The lowest BCUT2D eigenvalue weighted by molar-refractivity contribution is -0.124. The van der Waals surface area contributed by atoms with Gasteiger partial charge in [-0.3, -0.25) is 15.5 Å². The lowest BCUT2D eigenvalue weighted by Gasteiger charge is -2.28. The molecule has 1 aliphatic rings. The molecular formula is C14H20N4O3. The highest BCUT2D eigenvalue weighted by atomic mass is 16.5. The fourth-order valence-electron chi connectivity index (χ4n) is 2.07. The molecule has 2 rings (SSSR count). The Morgan fingerprint density at radius 3 is 2.76 bits per heavy atom. The molecule has 1 saturated heterocycles. The molecule has 0 aromatic heterocycles. The Morgan fingerprint density at radius 1 is 1.33 bits per heavy atom.